The lowest BCUT2D eigenvalue weighted by Crippen LogP contribution is -2.65. The van der Waals surface area contributed by atoms with Gasteiger partial charge in [-0.25, -0.2) is 4.79 Å². The number of aliphatic hydroxyl groups is 10. The fourth-order valence-electron chi connectivity index (χ4n) is 7.33. The third kappa shape index (κ3) is 10.6. The molecule has 0 saturated carbocycles. The molecule has 3 aliphatic rings. The molecule has 2 aromatic carbocycles. The van der Waals surface area contributed by atoms with Crippen molar-refractivity contribution < 1.29 is 104 Å². The van der Waals surface area contributed by atoms with Crippen LogP contribution in [-0.2, 0) is 28.5 Å². The number of allylic oxidation sites excluding steroid dienone is 1. The Labute approximate surface area is 369 Å². The van der Waals surface area contributed by atoms with Crippen molar-refractivity contribution >= 4 is 16.9 Å². The monoisotopic (exact) mass is 922 g/mol. The van der Waals surface area contributed by atoms with Gasteiger partial charge in [0.05, 0.1) is 24.9 Å². The van der Waals surface area contributed by atoms with Gasteiger partial charge in [-0.3, -0.25) is 4.79 Å². The van der Waals surface area contributed by atoms with Crippen molar-refractivity contribution in [3.05, 3.63) is 70.9 Å². The first kappa shape index (κ1) is 49.7. The summed E-state index contributed by atoms with van der Waals surface area (Å²) in [7, 11) is 0. The van der Waals surface area contributed by atoms with E-state index in [1.54, 1.807) is 6.92 Å². The van der Waals surface area contributed by atoms with E-state index in [9.17, 15) is 70.9 Å². The van der Waals surface area contributed by atoms with Crippen LogP contribution in [0.3, 0.4) is 0 Å². The van der Waals surface area contributed by atoms with E-state index in [1.807, 2.05) is 0 Å². The smallest absolute Gasteiger partial charge is 0.333 e. The maximum Gasteiger partial charge on any atom is 0.333 e. The summed E-state index contributed by atoms with van der Waals surface area (Å²) >= 11 is 0. The average Bonchev–Trinajstić information content (AvgIpc) is 3.27. The number of esters is 1. The van der Waals surface area contributed by atoms with Gasteiger partial charge >= 0.3 is 5.97 Å². The quantitative estimate of drug-likeness (QED) is 0.0459. The summed E-state index contributed by atoms with van der Waals surface area (Å²) < 4.78 is 46.1. The summed E-state index contributed by atoms with van der Waals surface area (Å²) in [5.74, 6) is -3.26. The minimum atomic E-state index is -2.02. The highest BCUT2D eigenvalue weighted by molar-refractivity contribution is 5.89. The van der Waals surface area contributed by atoms with Crippen LogP contribution in [0.15, 0.2) is 69.9 Å². The number of hydrogen-bond donors (Lipinski definition) is 12. The lowest BCUT2D eigenvalue weighted by Gasteiger charge is -2.45. The van der Waals surface area contributed by atoms with E-state index in [-0.39, 0.29) is 41.1 Å². The zero-order chi connectivity index (χ0) is 47.7. The van der Waals surface area contributed by atoms with E-state index in [0.717, 1.165) is 12.1 Å². The lowest BCUT2D eigenvalue weighted by atomic mass is 9.97. The van der Waals surface area contributed by atoms with Gasteiger partial charge in [-0.1, -0.05) is 12.2 Å². The number of phenols is 2. The first-order valence-electron chi connectivity index (χ1n) is 20.5. The van der Waals surface area contributed by atoms with Crippen molar-refractivity contribution in [3.63, 3.8) is 0 Å². The molecule has 0 aliphatic carbocycles. The van der Waals surface area contributed by atoms with Gasteiger partial charge in [-0.05, 0) is 57.9 Å². The highest BCUT2D eigenvalue weighted by Crippen LogP contribution is 2.39. The third-order valence-electron chi connectivity index (χ3n) is 11.4. The molecular weight excluding hydrogens is 868 g/mol. The Balaban J connectivity index is 1.33. The van der Waals surface area contributed by atoms with E-state index < -0.39 is 145 Å². The Bertz CT molecular complexity index is 2220. The van der Waals surface area contributed by atoms with Crippen molar-refractivity contribution in [2.24, 2.45) is 0 Å². The molecule has 3 saturated heterocycles. The molecule has 22 nitrogen and oxygen atoms in total. The van der Waals surface area contributed by atoms with Gasteiger partial charge < -0.3 is 98.9 Å². The number of carbonyl (C=O) groups excluding carboxylic acids is 1. The summed E-state index contributed by atoms with van der Waals surface area (Å²) in [6, 6.07) is 7.17. The van der Waals surface area contributed by atoms with Gasteiger partial charge in [0.1, 0.15) is 77.0 Å². The molecule has 0 bridgehead atoms. The largest absolute Gasteiger partial charge is 0.508 e. The van der Waals surface area contributed by atoms with E-state index in [2.05, 4.69) is 6.58 Å². The van der Waals surface area contributed by atoms with Gasteiger partial charge in [0.15, 0.2) is 30.4 Å². The first-order valence-corrected chi connectivity index (χ1v) is 20.5. The number of fused-ring (bicyclic) bond motifs is 1. The predicted molar refractivity (Wildman–Crippen MR) is 219 cm³/mol. The maximum absolute atomic E-state index is 14.4. The Morgan fingerprint density at radius 2 is 1.43 bits per heavy atom. The highest BCUT2D eigenvalue weighted by atomic mass is 16.8. The molecular formula is C43H54O22. The minimum absolute atomic E-state index is 0.0676. The molecule has 3 aromatic rings. The maximum atomic E-state index is 14.4. The van der Waals surface area contributed by atoms with Crippen LogP contribution in [0, 0.1) is 0 Å². The van der Waals surface area contributed by atoms with Crippen LogP contribution in [0.25, 0.3) is 22.3 Å². The van der Waals surface area contributed by atoms with Gasteiger partial charge in [-0.2, -0.15) is 0 Å². The van der Waals surface area contributed by atoms with Crippen molar-refractivity contribution in [2.45, 2.75) is 131 Å². The minimum Gasteiger partial charge on any atom is -0.508 e. The topological polar surface area (TPSA) is 355 Å². The Morgan fingerprint density at radius 1 is 0.800 bits per heavy atom. The summed E-state index contributed by atoms with van der Waals surface area (Å²) in [4.78, 5) is 27.4. The molecule has 358 valence electrons. The molecule has 6 rings (SSSR count). The van der Waals surface area contributed by atoms with E-state index in [0.29, 0.717) is 0 Å². The van der Waals surface area contributed by atoms with Crippen LogP contribution < -0.4 is 14.9 Å². The van der Waals surface area contributed by atoms with Crippen molar-refractivity contribution in [1.29, 1.82) is 0 Å². The Hall–Kier alpha value is -4.76. The van der Waals surface area contributed by atoms with Crippen LogP contribution in [0.2, 0.25) is 0 Å². The van der Waals surface area contributed by atoms with E-state index in [1.165, 1.54) is 50.3 Å². The molecule has 0 radical (unpaired) electrons. The molecule has 1 aromatic heterocycles. The highest BCUT2D eigenvalue weighted by Gasteiger charge is 2.52. The third-order valence-corrected chi connectivity index (χ3v) is 11.4. The molecule has 3 fully saturated rings. The summed E-state index contributed by atoms with van der Waals surface area (Å²) in [6.07, 6.45) is -22.7. The second-order valence-corrected chi connectivity index (χ2v) is 16.2. The molecule has 0 amide bonds. The molecule has 12 N–H and O–H groups in total. The number of hydrogen-bond acceptors (Lipinski definition) is 22. The van der Waals surface area contributed by atoms with Crippen LogP contribution in [0.1, 0.15) is 33.6 Å². The van der Waals surface area contributed by atoms with Gasteiger partial charge in [-0.15, -0.1) is 6.58 Å². The molecule has 16 unspecified atom stereocenters. The van der Waals surface area contributed by atoms with Crippen molar-refractivity contribution in [3.8, 4) is 34.3 Å². The van der Waals surface area contributed by atoms with Crippen LogP contribution in [0.4, 0.5) is 0 Å². The fraction of sp³-hybridized carbons (Fsp3) is 0.535. The standard InChI is InChI=1S/C43H54O22/c1-5-43(4,57)12-6-7-17(2)39(56)63-36-27(48)18(3)58-41(34(36)55)59-21-13-22(47)26-23(14-21)60-35(19-8-10-20(46)11-9-19)37(30(26)51)64-42-38(32(53)29(50)25(16-45)62-42)65-40-33(54)31(52)28(49)24(15-44)61-40/h5,7-11,13-14,18,24-25,27-29,31-34,36,38,40-42,44-50,52-55,57H,1,6,12,15-16H2,2-4H3. The molecule has 4 heterocycles. The average molecular weight is 923 g/mol. The summed E-state index contributed by atoms with van der Waals surface area (Å²) in [5, 5.41) is 126. The van der Waals surface area contributed by atoms with Crippen LogP contribution >= 0.6 is 0 Å². The molecule has 16 atom stereocenters. The SMILES string of the molecule is C=CC(C)(O)CCC=C(C)C(=O)OC1C(O)C(C)OC(Oc2cc(O)c3c(=O)c(OC4OC(CO)C(O)C(O)C4OC4OC(CO)C(O)C(O)C4O)c(-c4ccc(O)cc4)oc3c2)C1O. The molecule has 0 spiro atoms. The predicted octanol–water partition coefficient (Wildman–Crippen LogP) is -1.71. The zero-order valence-corrected chi connectivity index (χ0v) is 35.3. The second-order valence-electron chi connectivity index (χ2n) is 16.2. The fourth-order valence-corrected chi connectivity index (χ4v) is 7.33. The van der Waals surface area contributed by atoms with Gasteiger partial charge in [0, 0.05) is 23.3 Å². The van der Waals surface area contributed by atoms with E-state index >= 15 is 0 Å². The Kier molecular flexibility index (Phi) is 15.6. The summed E-state index contributed by atoms with van der Waals surface area (Å²) in [6.45, 7) is 6.25. The van der Waals surface area contributed by atoms with Crippen molar-refractivity contribution in [2.75, 3.05) is 13.2 Å². The zero-order valence-electron chi connectivity index (χ0n) is 35.3. The number of ether oxygens (including phenoxy) is 7. The first-order chi connectivity index (χ1) is 30.7. The molecule has 65 heavy (non-hydrogen) atoms. The molecule has 3 aliphatic heterocycles. The van der Waals surface area contributed by atoms with Crippen LogP contribution in [-0.4, -0.2) is 178 Å². The summed E-state index contributed by atoms with van der Waals surface area (Å²) in [5.41, 5.74) is -2.44. The van der Waals surface area contributed by atoms with Gasteiger partial charge in [0.25, 0.3) is 0 Å². The second kappa shape index (κ2) is 20.4. The number of carbonyl (C=O) groups is 1. The van der Waals surface area contributed by atoms with E-state index in [4.69, 9.17) is 37.6 Å². The van der Waals surface area contributed by atoms with Crippen LogP contribution in [0.5, 0.6) is 23.0 Å². The van der Waals surface area contributed by atoms with Crippen molar-refractivity contribution in [1.82, 2.24) is 0 Å². The normalized spacial score (nSPS) is 34.1. The van der Waals surface area contributed by atoms with Gasteiger partial charge in [0.2, 0.25) is 23.8 Å². The Morgan fingerprint density at radius 3 is 2.06 bits per heavy atom. The lowest BCUT2D eigenvalue weighted by molar-refractivity contribution is -0.358. The number of benzene rings is 2. The number of phenolic OH excluding ortho intramolecular Hbond substituents is 2. The number of aliphatic hydroxyl groups excluding tert-OH is 9. The molecule has 22 heteroatoms. The number of aromatic hydroxyl groups is 2. The number of rotatable bonds is 15.